The van der Waals surface area contributed by atoms with Crippen LogP contribution in [-0.4, -0.2) is 30.0 Å². The van der Waals surface area contributed by atoms with E-state index in [2.05, 4.69) is 6.92 Å². The van der Waals surface area contributed by atoms with E-state index in [0.29, 0.717) is 12.2 Å². The maximum absolute atomic E-state index is 12.2. The minimum absolute atomic E-state index is 0.0175. The molecule has 0 saturated carbocycles. The second kappa shape index (κ2) is 6.78. The quantitative estimate of drug-likeness (QED) is 0.897. The smallest absolute Gasteiger partial charge is 0.225 e. The van der Waals surface area contributed by atoms with Gasteiger partial charge in [-0.15, -0.1) is 0 Å². The molecule has 0 aromatic heterocycles. The average molecular weight is 277 g/mol. The van der Waals surface area contributed by atoms with Gasteiger partial charge in [0.25, 0.3) is 0 Å². The molecule has 0 saturated heterocycles. The molecule has 0 spiro atoms. The van der Waals surface area contributed by atoms with Crippen LogP contribution in [0.4, 0.5) is 0 Å². The van der Waals surface area contributed by atoms with E-state index in [0.717, 1.165) is 29.5 Å². The van der Waals surface area contributed by atoms with Gasteiger partial charge in [0.1, 0.15) is 5.75 Å². The Balaban J connectivity index is 3.19. The molecule has 0 heterocycles. The van der Waals surface area contributed by atoms with Crippen LogP contribution in [0.15, 0.2) is 6.07 Å². The topological polar surface area (TPSA) is 40.5 Å². The molecule has 0 aliphatic rings. The highest BCUT2D eigenvalue weighted by Gasteiger charge is 2.22. The molecule has 1 N–H and O–H groups in total. The molecule has 1 aromatic rings. The lowest BCUT2D eigenvalue weighted by molar-refractivity contribution is -0.133. The minimum Gasteiger partial charge on any atom is -0.507 e. The second-order valence-corrected chi connectivity index (χ2v) is 5.70. The van der Waals surface area contributed by atoms with Gasteiger partial charge in [0.05, 0.1) is 0 Å². The highest BCUT2D eigenvalue weighted by molar-refractivity contribution is 5.78. The molecule has 0 fully saturated rings. The molecule has 1 rings (SSSR count). The highest BCUT2D eigenvalue weighted by atomic mass is 16.3. The fraction of sp³-hybridized carbons (Fsp3) is 0.588. The zero-order valence-corrected chi connectivity index (χ0v) is 13.6. The normalized spacial score (nSPS) is 12.3. The van der Waals surface area contributed by atoms with Crippen LogP contribution in [0.5, 0.6) is 5.75 Å². The zero-order valence-electron chi connectivity index (χ0n) is 13.6. The van der Waals surface area contributed by atoms with Crippen LogP contribution in [0.3, 0.4) is 0 Å². The van der Waals surface area contributed by atoms with Crippen molar-refractivity contribution in [3.63, 3.8) is 0 Å². The Morgan fingerprint density at radius 2 is 1.90 bits per heavy atom. The molecule has 112 valence electrons. The molecule has 3 heteroatoms. The molecule has 0 bridgehead atoms. The predicted molar refractivity (Wildman–Crippen MR) is 83.1 cm³/mol. The largest absolute Gasteiger partial charge is 0.507 e. The number of hydrogen-bond acceptors (Lipinski definition) is 2. The molecular formula is C17H27NO2. The van der Waals surface area contributed by atoms with Crippen molar-refractivity contribution in [2.45, 2.75) is 47.0 Å². The molecule has 1 amide bonds. The van der Waals surface area contributed by atoms with Crippen molar-refractivity contribution in [2.75, 3.05) is 14.1 Å². The van der Waals surface area contributed by atoms with Crippen molar-refractivity contribution in [1.29, 1.82) is 0 Å². The summed E-state index contributed by atoms with van der Waals surface area (Å²) in [4.78, 5) is 13.9. The van der Waals surface area contributed by atoms with Crippen LogP contribution in [0.2, 0.25) is 0 Å². The van der Waals surface area contributed by atoms with Gasteiger partial charge in [-0.3, -0.25) is 4.79 Å². The second-order valence-electron chi connectivity index (χ2n) is 5.70. The SMILES string of the molecule is CCc1cc(C)c(O)c(C)c1CC(CC)C(=O)N(C)C. The molecule has 20 heavy (non-hydrogen) atoms. The van der Waals surface area contributed by atoms with E-state index in [1.807, 2.05) is 26.8 Å². The number of amides is 1. The number of nitrogens with zero attached hydrogens (tertiary/aromatic N) is 1. The Labute approximate surface area is 122 Å². The number of aryl methyl sites for hydroxylation is 2. The average Bonchev–Trinajstić information content (AvgIpc) is 2.42. The van der Waals surface area contributed by atoms with E-state index in [9.17, 15) is 9.90 Å². The molecule has 0 aliphatic carbocycles. The van der Waals surface area contributed by atoms with Crippen LogP contribution in [0.25, 0.3) is 0 Å². The number of phenolic OH excluding ortho intramolecular Hbond substituents is 1. The van der Waals surface area contributed by atoms with Crippen molar-refractivity contribution >= 4 is 5.91 Å². The van der Waals surface area contributed by atoms with Gasteiger partial charge in [-0.25, -0.2) is 0 Å². The Bertz CT molecular complexity index is 492. The monoisotopic (exact) mass is 277 g/mol. The first-order valence-electron chi connectivity index (χ1n) is 7.35. The Morgan fingerprint density at radius 1 is 1.30 bits per heavy atom. The number of aromatic hydroxyl groups is 1. The lowest BCUT2D eigenvalue weighted by Gasteiger charge is -2.22. The third-order valence-electron chi connectivity index (χ3n) is 4.07. The number of carbonyl (C=O) groups is 1. The summed E-state index contributed by atoms with van der Waals surface area (Å²) < 4.78 is 0. The van der Waals surface area contributed by atoms with Crippen molar-refractivity contribution in [3.8, 4) is 5.75 Å². The van der Waals surface area contributed by atoms with E-state index in [1.165, 1.54) is 5.56 Å². The summed E-state index contributed by atoms with van der Waals surface area (Å²) in [5, 5.41) is 10.1. The van der Waals surface area contributed by atoms with Gasteiger partial charge >= 0.3 is 0 Å². The number of rotatable bonds is 5. The fourth-order valence-corrected chi connectivity index (χ4v) is 2.71. The van der Waals surface area contributed by atoms with E-state index < -0.39 is 0 Å². The standard InChI is InChI=1S/C17H27NO2/c1-7-13-9-11(3)16(19)12(4)15(13)10-14(8-2)17(20)18(5)6/h9,14,19H,7-8,10H2,1-6H3. The number of phenols is 1. The molecule has 0 aliphatic heterocycles. The van der Waals surface area contributed by atoms with Crippen LogP contribution in [0, 0.1) is 19.8 Å². The van der Waals surface area contributed by atoms with Gasteiger partial charge in [0.2, 0.25) is 5.91 Å². The van der Waals surface area contributed by atoms with Crippen molar-refractivity contribution in [2.24, 2.45) is 5.92 Å². The fourth-order valence-electron chi connectivity index (χ4n) is 2.71. The molecule has 0 radical (unpaired) electrons. The van der Waals surface area contributed by atoms with Gasteiger partial charge in [0.15, 0.2) is 0 Å². The summed E-state index contributed by atoms with van der Waals surface area (Å²) in [5.41, 5.74) is 4.21. The number of carbonyl (C=O) groups excluding carboxylic acids is 1. The molecular weight excluding hydrogens is 250 g/mol. The zero-order chi connectivity index (χ0) is 15.4. The summed E-state index contributed by atoms with van der Waals surface area (Å²) >= 11 is 0. The van der Waals surface area contributed by atoms with Gasteiger partial charge < -0.3 is 10.0 Å². The first kappa shape index (κ1) is 16.5. The van der Waals surface area contributed by atoms with Gasteiger partial charge in [0, 0.05) is 20.0 Å². The van der Waals surface area contributed by atoms with E-state index in [1.54, 1.807) is 19.0 Å². The maximum atomic E-state index is 12.2. The highest BCUT2D eigenvalue weighted by Crippen LogP contribution is 2.31. The molecule has 1 unspecified atom stereocenters. The van der Waals surface area contributed by atoms with Crippen molar-refractivity contribution in [3.05, 3.63) is 28.3 Å². The summed E-state index contributed by atoms with van der Waals surface area (Å²) in [5.74, 6) is 0.509. The lowest BCUT2D eigenvalue weighted by atomic mass is 9.87. The summed E-state index contributed by atoms with van der Waals surface area (Å²) in [6.07, 6.45) is 2.44. The predicted octanol–water partition coefficient (Wildman–Crippen LogP) is 3.23. The summed E-state index contributed by atoms with van der Waals surface area (Å²) in [6.45, 7) is 8.03. The van der Waals surface area contributed by atoms with Crippen molar-refractivity contribution < 1.29 is 9.90 Å². The van der Waals surface area contributed by atoms with Gasteiger partial charge in [-0.1, -0.05) is 19.9 Å². The Hall–Kier alpha value is -1.51. The third kappa shape index (κ3) is 3.33. The summed E-state index contributed by atoms with van der Waals surface area (Å²) in [7, 11) is 3.59. The van der Waals surface area contributed by atoms with E-state index in [4.69, 9.17) is 0 Å². The molecule has 1 aromatic carbocycles. The molecule has 1 atom stereocenters. The first-order valence-corrected chi connectivity index (χ1v) is 7.35. The van der Waals surface area contributed by atoms with Crippen LogP contribution in [0.1, 0.15) is 42.5 Å². The number of benzene rings is 1. The minimum atomic E-state index is -0.0175. The Morgan fingerprint density at radius 3 is 2.35 bits per heavy atom. The van der Waals surface area contributed by atoms with Crippen molar-refractivity contribution in [1.82, 2.24) is 4.90 Å². The van der Waals surface area contributed by atoms with E-state index in [-0.39, 0.29) is 11.8 Å². The van der Waals surface area contributed by atoms with Crippen LogP contribution >= 0.6 is 0 Å². The third-order valence-corrected chi connectivity index (χ3v) is 4.07. The Kier molecular flexibility index (Phi) is 5.61. The summed E-state index contributed by atoms with van der Waals surface area (Å²) in [6, 6.07) is 2.05. The van der Waals surface area contributed by atoms with Gasteiger partial charge in [-0.05, 0) is 55.4 Å². The lowest BCUT2D eigenvalue weighted by Crippen LogP contribution is -2.31. The first-order chi connectivity index (χ1) is 9.33. The van der Waals surface area contributed by atoms with E-state index >= 15 is 0 Å². The van der Waals surface area contributed by atoms with Crippen LogP contribution in [-0.2, 0) is 17.6 Å². The van der Waals surface area contributed by atoms with Crippen LogP contribution < -0.4 is 0 Å². The maximum Gasteiger partial charge on any atom is 0.225 e. The van der Waals surface area contributed by atoms with Gasteiger partial charge in [-0.2, -0.15) is 0 Å². The number of hydrogen-bond donors (Lipinski definition) is 1. The molecule has 3 nitrogen and oxygen atoms in total.